The van der Waals surface area contributed by atoms with Gasteiger partial charge in [-0.05, 0) is 46.7 Å². The molecule has 0 saturated carbocycles. The van der Waals surface area contributed by atoms with Crippen LogP contribution < -0.4 is 5.32 Å². The van der Waals surface area contributed by atoms with E-state index in [9.17, 15) is 14.0 Å². The van der Waals surface area contributed by atoms with Crippen LogP contribution in [0.5, 0.6) is 0 Å². The zero-order valence-electron chi connectivity index (χ0n) is 18.6. The molecule has 3 aromatic rings. The number of hydrogen-bond acceptors (Lipinski definition) is 2. The number of piperidine rings is 2. The maximum Gasteiger partial charge on any atom is 0.350 e. The third-order valence-electron chi connectivity index (χ3n) is 7.47. The smallest absolute Gasteiger partial charge is 0.350 e. The van der Waals surface area contributed by atoms with Crippen LogP contribution in [0.2, 0.25) is 0 Å². The molecule has 2 fully saturated rings. The summed E-state index contributed by atoms with van der Waals surface area (Å²) in [5.41, 5.74) is 0.158. The molecule has 5 rings (SSSR count). The van der Waals surface area contributed by atoms with Crippen molar-refractivity contribution >= 4 is 22.6 Å². The fourth-order valence-corrected chi connectivity index (χ4v) is 5.60. The molecule has 1 spiro atoms. The van der Waals surface area contributed by atoms with E-state index in [1.807, 2.05) is 0 Å². The van der Waals surface area contributed by atoms with Crippen LogP contribution in [0.1, 0.15) is 36.3 Å². The topological polar surface area (TPSA) is 49.4 Å². The highest BCUT2D eigenvalue weighted by atomic mass is 19.3. The summed E-state index contributed by atoms with van der Waals surface area (Å²) in [6.07, 6.45) is 1.12. The first-order chi connectivity index (χ1) is 16.3. The minimum Gasteiger partial charge on any atom is -0.355 e. The van der Waals surface area contributed by atoms with E-state index in [4.69, 9.17) is 0 Å². The van der Waals surface area contributed by atoms with Gasteiger partial charge in [0.05, 0.1) is 0 Å². The van der Waals surface area contributed by atoms with E-state index in [0.717, 1.165) is 5.56 Å². The Hall–Kier alpha value is -3.35. The predicted octanol–water partition coefficient (Wildman–Crippen LogP) is 4.98. The Morgan fingerprint density at radius 2 is 1.65 bits per heavy atom. The second-order valence-corrected chi connectivity index (χ2v) is 9.34. The number of carbonyl (C=O) groups is 2. The zero-order valence-corrected chi connectivity index (χ0v) is 18.6. The van der Waals surface area contributed by atoms with Gasteiger partial charge in [-0.1, -0.05) is 54.6 Å². The summed E-state index contributed by atoms with van der Waals surface area (Å²) in [6.45, 7) is 0.693. The number of nitrogens with zero attached hydrogens (tertiary/aromatic N) is 1. The molecule has 2 saturated heterocycles. The number of benzene rings is 3. The first-order valence-corrected chi connectivity index (χ1v) is 11.5. The Morgan fingerprint density at radius 3 is 2.38 bits per heavy atom. The van der Waals surface area contributed by atoms with E-state index >= 15 is 8.78 Å². The summed E-state index contributed by atoms with van der Waals surface area (Å²) in [5, 5.41) is 3.89. The number of likely N-dealkylation sites (tertiary alicyclic amines) is 1. The fourth-order valence-electron chi connectivity index (χ4n) is 5.60. The van der Waals surface area contributed by atoms with E-state index in [1.54, 1.807) is 42.5 Å². The molecule has 3 aromatic carbocycles. The molecule has 0 aromatic heterocycles. The van der Waals surface area contributed by atoms with Crippen LogP contribution in [0.15, 0.2) is 66.7 Å². The number of carbonyl (C=O) groups excluding carboxylic acids is 2. The van der Waals surface area contributed by atoms with Gasteiger partial charge in [-0.25, -0.2) is 4.39 Å². The van der Waals surface area contributed by atoms with Crippen LogP contribution in [0.4, 0.5) is 13.2 Å². The molecule has 0 radical (unpaired) electrons. The van der Waals surface area contributed by atoms with Crippen molar-refractivity contribution in [3.63, 3.8) is 0 Å². The van der Waals surface area contributed by atoms with Gasteiger partial charge in [0.25, 0.3) is 5.91 Å². The average Bonchev–Trinajstić information content (AvgIpc) is 2.84. The lowest BCUT2D eigenvalue weighted by atomic mass is 9.62. The third-order valence-corrected chi connectivity index (χ3v) is 7.47. The van der Waals surface area contributed by atoms with Crippen LogP contribution >= 0.6 is 0 Å². The van der Waals surface area contributed by atoms with Crippen molar-refractivity contribution < 1.29 is 22.8 Å². The van der Waals surface area contributed by atoms with Gasteiger partial charge in [-0.15, -0.1) is 0 Å². The molecule has 2 amide bonds. The Labute approximate surface area is 195 Å². The average molecular weight is 467 g/mol. The normalized spacial score (nSPS) is 20.4. The fraction of sp³-hybridized carbons (Fsp3) is 0.333. The highest BCUT2D eigenvalue weighted by Gasteiger charge is 2.50. The predicted molar refractivity (Wildman–Crippen MR) is 123 cm³/mol. The van der Waals surface area contributed by atoms with Gasteiger partial charge in [-0.3, -0.25) is 9.59 Å². The van der Waals surface area contributed by atoms with Gasteiger partial charge in [-0.2, -0.15) is 8.78 Å². The van der Waals surface area contributed by atoms with Gasteiger partial charge < -0.3 is 10.2 Å². The lowest BCUT2D eigenvalue weighted by Gasteiger charge is -2.49. The van der Waals surface area contributed by atoms with E-state index in [1.165, 1.54) is 29.2 Å². The number of alkyl halides is 2. The molecule has 0 aliphatic carbocycles. The highest BCUT2D eigenvalue weighted by Crippen LogP contribution is 2.49. The Bertz CT molecular complexity index is 1230. The monoisotopic (exact) mass is 466 g/mol. The molecule has 2 aliphatic heterocycles. The maximum atomic E-state index is 15.4. The molecular formula is C27H25F3N2O2. The molecule has 2 aliphatic rings. The van der Waals surface area contributed by atoms with Crippen molar-refractivity contribution in [1.82, 2.24) is 10.2 Å². The largest absolute Gasteiger partial charge is 0.355 e. The summed E-state index contributed by atoms with van der Waals surface area (Å²) in [5.74, 6) is -5.36. The van der Waals surface area contributed by atoms with Crippen molar-refractivity contribution in [2.45, 2.75) is 31.1 Å². The zero-order chi connectivity index (χ0) is 23.9. The number of amides is 2. The molecule has 34 heavy (non-hydrogen) atoms. The van der Waals surface area contributed by atoms with Crippen molar-refractivity contribution in [2.75, 3.05) is 19.6 Å². The van der Waals surface area contributed by atoms with Crippen LogP contribution in [0.25, 0.3) is 10.8 Å². The Morgan fingerprint density at radius 1 is 0.971 bits per heavy atom. The first kappa shape index (κ1) is 22.4. The minimum atomic E-state index is -3.66. The standard InChI is InChI=1S/C27H25F3N2O2/c28-20-10-8-19(9-11-20)23-17-31-24(33)16-26(23)12-14-32(15-13-26)25(34)27(29,30)22-7-3-5-18-4-1-2-6-21(18)22/h1-11,23H,12-17H2,(H,31,33)/t23-/m0/s1. The second-order valence-electron chi connectivity index (χ2n) is 9.34. The minimum absolute atomic E-state index is 0.0679. The molecule has 176 valence electrons. The van der Waals surface area contributed by atoms with E-state index in [-0.39, 0.29) is 42.7 Å². The molecule has 1 N–H and O–H groups in total. The van der Waals surface area contributed by atoms with Crippen molar-refractivity contribution in [2.24, 2.45) is 5.41 Å². The molecule has 0 unspecified atom stereocenters. The molecule has 1 atom stereocenters. The number of rotatable bonds is 3. The quantitative estimate of drug-likeness (QED) is 0.592. The summed E-state index contributed by atoms with van der Waals surface area (Å²) in [6, 6.07) is 17.6. The van der Waals surface area contributed by atoms with Crippen LogP contribution in [0.3, 0.4) is 0 Å². The SMILES string of the molecule is O=C1CC2(CCN(C(=O)C(F)(F)c3cccc4ccccc34)CC2)[C@H](c2ccc(F)cc2)CN1. The summed E-state index contributed by atoms with van der Waals surface area (Å²) >= 11 is 0. The summed E-state index contributed by atoms with van der Waals surface area (Å²) < 4.78 is 44.4. The van der Waals surface area contributed by atoms with Crippen molar-refractivity contribution in [1.29, 1.82) is 0 Å². The van der Waals surface area contributed by atoms with E-state index in [0.29, 0.717) is 30.2 Å². The summed E-state index contributed by atoms with van der Waals surface area (Å²) in [4.78, 5) is 26.5. The van der Waals surface area contributed by atoms with Crippen LogP contribution in [-0.4, -0.2) is 36.3 Å². The highest BCUT2D eigenvalue weighted by molar-refractivity contribution is 5.93. The molecule has 0 bridgehead atoms. The summed E-state index contributed by atoms with van der Waals surface area (Å²) in [7, 11) is 0. The Kier molecular flexibility index (Phi) is 5.58. The number of nitrogens with one attached hydrogen (secondary N) is 1. The number of fused-ring (bicyclic) bond motifs is 1. The molecule has 2 heterocycles. The van der Waals surface area contributed by atoms with Gasteiger partial charge in [0.1, 0.15) is 5.82 Å². The maximum absolute atomic E-state index is 15.4. The lowest BCUT2D eigenvalue weighted by molar-refractivity contribution is -0.162. The molecule has 4 nitrogen and oxygen atoms in total. The van der Waals surface area contributed by atoms with Gasteiger partial charge >= 0.3 is 5.92 Å². The van der Waals surface area contributed by atoms with Crippen LogP contribution in [-0.2, 0) is 15.5 Å². The van der Waals surface area contributed by atoms with E-state index in [2.05, 4.69) is 5.32 Å². The second kappa shape index (κ2) is 8.46. The van der Waals surface area contributed by atoms with Gasteiger partial charge in [0, 0.05) is 37.5 Å². The van der Waals surface area contributed by atoms with Gasteiger partial charge in [0.2, 0.25) is 5.91 Å². The first-order valence-electron chi connectivity index (χ1n) is 11.5. The van der Waals surface area contributed by atoms with Crippen molar-refractivity contribution in [3.05, 3.63) is 83.7 Å². The van der Waals surface area contributed by atoms with Gasteiger partial charge in [0.15, 0.2) is 0 Å². The van der Waals surface area contributed by atoms with E-state index < -0.39 is 17.2 Å². The molecular weight excluding hydrogens is 441 g/mol. The number of halogens is 3. The Balaban J connectivity index is 1.38. The lowest BCUT2D eigenvalue weighted by Crippen LogP contribution is -2.54. The molecule has 7 heteroatoms. The third kappa shape index (κ3) is 3.83. The van der Waals surface area contributed by atoms with Crippen LogP contribution in [0, 0.1) is 11.2 Å². The van der Waals surface area contributed by atoms with Crippen molar-refractivity contribution in [3.8, 4) is 0 Å². The number of hydrogen-bond donors (Lipinski definition) is 1.